The van der Waals surface area contributed by atoms with Gasteiger partial charge in [0.05, 0.1) is 12.2 Å². The summed E-state index contributed by atoms with van der Waals surface area (Å²) >= 11 is 0. The molecule has 1 spiro atoms. The molecule has 1 aromatic carbocycles. The predicted molar refractivity (Wildman–Crippen MR) is 126 cm³/mol. The third-order valence-electron chi connectivity index (χ3n) is 8.59. The van der Waals surface area contributed by atoms with Gasteiger partial charge in [-0.05, 0) is 76.1 Å². The number of rotatable bonds is 4. The fourth-order valence-corrected chi connectivity index (χ4v) is 6.41. The number of ether oxygens (including phenoxy) is 2. The van der Waals surface area contributed by atoms with Gasteiger partial charge in [0.15, 0.2) is 6.10 Å². The molecule has 1 aromatic rings. The highest BCUT2D eigenvalue weighted by molar-refractivity contribution is 5.68. The molecule has 3 unspecified atom stereocenters. The molecule has 5 rings (SSSR count). The average Bonchev–Trinajstić information content (AvgIpc) is 3.36. The summed E-state index contributed by atoms with van der Waals surface area (Å²) in [5.41, 5.74) is 3.93. The molecule has 4 aliphatic heterocycles. The lowest BCUT2D eigenvalue weighted by atomic mass is 9.84. The number of fused-ring (bicyclic) bond motifs is 2. The lowest BCUT2D eigenvalue weighted by Crippen LogP contribution is -2.53. The fourth-order valence-electron chi connectivity index (χ4n) is 6.41. The minimum Gasteiger partial charge on any atom is -0.437 e. The molecule has 0 N–H and O–H groups in total. The van der Waals surface area contributed by atoms with E-state index in [-0.39, 0.29) is 5.54 Å². The fraction of sp³-hybridized carbons (Fsp3) is 0.731. The molecule has 4 aliphatic rings. The predicted octanol–water partition coefficient (Wildman–Crippen LogP) is 4.88. The van der Waals surface area contributed by atoms with Crippen LogP contribution in [0.4, 0.5) is 23.7 Å². The number of amides is 1. The second kappa shape index (κ2) is 9.47. The molecule has 3 atom stereocenters. The average molecular weight is 496 g/mol. The zero-order chi connectivity index (χ0) is 24.8. The Morgan fingerprint density at radius 2 is 1.83 bits per heavy atom. The number of hydrogen-bond acceptors (Lipinski definition) is 5. The molecule has 1 amide bonds. The Morgan fingerprint density at radius 3 is 2.49 bits per heavy atom. The highest BCUT2D eigenvalue weighted by Crippen LogP contribution is 2.41. The van der Waals surface area contributed by atoms with E-state index in [1.807, 2.05) is 0 Å². The smallest absolute Gasteiger partial charge is 0.425 e. The molecule has 4 fully saturated rings. The summed E-state index contributed by atoms with van der Waals surface area (Å²) < 4.78 is 49.0. The van der Waals surface area contributed by atoms with Gasteiger partial charge in [-0.3, -0.25) is 4.90 Å². The van der Waals surface area contributed by atoms with E-state index in [2.05, 4.69) is 39.7 Å². The maximum atomic E-state index is 12.8. The van der Waals surface area contributed by atoms with E-state index in [1.54, 1.807) is 0 Å². The number of anilines is 1. The number of benzene rings is 1. The van der Waals surface area contributed by atoms with E-state index in [0.717, 1.165) is 71.6 Å². The number of nitrogens with zero attached hydrogens (tertiary/aromatic N) is 3. The van der Waals surface area contributed by atoms with E-state index in [1.165, 1.54) is 21.7 Å². The van der Waals surface area contributed by atoms with Gasteiger partial charge in [0.25, 0.3) is 0 Å². The van der Waals surface area contributed by atoms with Crippen LogP contribution in [0.25, 0.3) is 0 Å². The van der Waals surface area contributed by atoms with Crippen LogP contribution >= 0.6 is 0 Å². The molecule has 0 radical (unpaired) electrons. The van der Waals surface area contributed by atoms with Crippen LogP contribution < -0.4 is 4.90 Å². The second-order valence-electron chi connectivity index (χ2n) is 10.7. The largest absolute Gasteiger partial charge is 0.437 e. The summed E-state index contributed by atoms with van der Waals surface area (Å²) in [4.78, 5) is 18.8. The van der Waals surface area contributed by atoms with Crippen molar-refractivity contribution in [3.05, 3.63) is 29.3 Å². The number of piperidine rings is 1. The SMILES string of the molecule is Cc1c(CN2CCCC23CCN(C(=O)OC(C)C(F)(F)F)CC3)cccc1N1CC2CCC(C1)O2. The van der Waals surface area contributed by atoms with Crippen molar-refractivity contribution in [2.45, 2.75) is 88.9 Å². The number of hydrogen-bond donors (Lipinski definition) is 0. The lowest BCUT2D eigenvalue weighted by molar-refractivity contribution is -0.200. The van der Waals surface area contributed by atoms with Crippen LogP contribution in [0.3, 0.4) is 0 Å². The van der Waals surface area contributed by atoms with Crippen molar-refractivity contribution in [3.8, 4) is 0 Å². The summed E-state index contributed by atoms with van der Waals surface area (Å²) in [5, 5.41) is 0. The molecule has 6 nitrogen and oxygen atoms in total. The molecular weight excluding hydrogens is 459 g/mol. The van der Waals surface area contributed by atoms with Gasteiger partial charge < -0.3 is 19.3 Å². The van der Waals surface area contributed by atoms with Gasteiger partial charge in [0.1, 0.15) is 0 Å². The Morgan fingerprint density at radius 1 is 1.14 bits per heavy atom. The third kappa shape index (κ3) is 4.99. The van der Waals surface area contributed by atoms with E-state index in [9.17, 15) is 18.0 Å². The first-order valence-corrected chi connectivity index (χ1v) is 12.9. The van der Waals surface area contributed by atoms with Gasteiger partial charge in [-0.2, -0.15) is 13.2 Å². The Labute approximate surface area is 205 Å². The molecule has 0 aliphatic carbocycles. The summed E-state index contributed by atoms with van der Waals surface area (Å²) in [6.45, 7) is 7.70. The zero-order valence-electron chi connectivity index (χ0n) is 20.6. The Balaban J connectivity index is 1.23. The number of alkyl halides is 3. The molecule has 9 heteroatoms. The van der Waals surface area contributed by atoms with Crippen LogP contribution in [0.5, 0.6) is 0 Å². The summed E-state index contributed by atoms with van der Waals surface area (Å²) in [7, 11) is 0. The number of carbonyl (C=O) groups excluding carboxylic acids is 1. The molecule has 4 saturated heterocycles. The van der Waals surface area contributed by atoms with Crippen molar-refractivity contribution >= 4 is 11.8 Å². The van der Waals surface area contributed by atoms with Crippen molar-refractivity contribution in [2.24, 2.45) is 0 Å². The van der Waals surface area contributed by atoms with Gasteiger partial charge in [-0.1, -0.05) is 12.1 Å². The maximum Gasteiger partial charge on any atom is 0.425 e. The monoisotopic (exact) mass is 495 g/mol. The summed E-state index contributed by atoms with van der Waals surface area (Å²) in [6.07, 6.45) is -0.843. The number of halogens is 3. The Hall–Kier alpha value is -2.00. The van der Waals surface area contributed by atoms with Crippen molar-refractivity contribution in [3.63, 3.8) is 0 Å². The van der Waals surface area contributed by atoms with Crippen molar-refractivity contribution in [2.75, 3.05) is 37.6 Å². The van der Waals surface area contributed by atoms with Crippen LogP contribution in [-0.2, 0) is 16.0 Å². The van der Waals surface area contributed by atoms with Gasteiger partial charge >= 0.3 is 12.3 Å². The zero-order valence-corrected chi connectivity index (χ0v) is 20.6. The van der Waals surface area contributed by atoms with Crippen LogP contribution in [0.2, 0.25) is 0 Å². The Bertz CT molecular complexity index is 920. The summed E-state index contributed by atoms with van der Waals surface area (Å²) in [5.74, 6) is 0. The minimum atomic E-state index is -4.54. The van der Waals surface area contributed by atoms with E-state index < -0.39 is 18.4 Å². The van der Waals surface area contributed by atoms with Crippen LogP contribution in [0, 0.1) is 6.92 Å². The van der Waals surface area contributed by atoms with Crippen molar-refractivity contribution in [1.82, 2.24) is 9.80 Å². The van der Waals surface area contributed by atoms with Crippen molar-refractivity contribution in [1.29, 1.82) is 0 Å². The third-order valence-corrected chi connectivity index (χ3v) is 8.59. The van der Waals surface area contributed by atoms with Crippen LogP contribution in [0.15, 0.2) is 18.2 Å². The normalized spacial score (nSPS) is 27.5. The first-order valence-electron chi connectivity index (χ1n) is 12.9. The number of carbonyl (C=O) groups is 1. The number of likely N-dealkylation sites (tertiary alicyclic amines) is 2. The van der Waals surface area contributed by atoms with Crippen LogP contribution in [-0.4, -0.2) is 78.6 Å². The van der Waals surface area contributed by atoms with Crippen LogP contribution in [0.1, 0.15) is 56.6 Å². The maximum absolute atomic E-state index is 12.8. The first-order chi connectivity index (χ1) is 16.6. The highest BCUT2D eigenvalue weighted by atomic mass is 19.4. The molecule has 35 heavy (non-hydrogen) atoms. The minimum absolute atomic E-state index is 0.00700. The van der Waals surface area contributed by atoms with Gasteiger partial charge in [0.2, 0.25) is 0 Å². The molecule has 194 valence electrons. The number of morpholine rings is 1. The van der Waals surface area contributed by atoms with Crippen molar-refractivity contribution < 1.29 is 27.4 Å². The lowest BCUT2D eigenvalue weighted by Gasteiger charge is -2.45. The first kappa shape index (κ1) is 24.7. The van der Waals surface area contributed by atoms with Gasteiger partial charge in [-0.15, -0.1) is 0 Å². The molecule has 2 bridgehead atoms. The quantitative estimate of drug-likeness (QED) is 0.596. The molecule has 0 saturated carbocycles. The molecular formula is C26H36F3N3O3. The summed E-state index contributed by atoms with van der Waals surface area (Å²) in [6, 6.07) is 6.58. The molecule has 4 heterocycles. The second-order valence-corrected chi connectivity index (χ2v) is 10.7. The van der Waals surface area contributed by atoms with Gasteiger partial charge in [-0.25, -0.2) is 4.79 Å². The standard InChI is InChI=1S/C26H36F3N3O3/c1-18-20(5-3-6-23(18)31-16-21-7-8-22(17-31)35-21)15-32-12-4-9-25(32)10-13-30(14-11-25)24(33)34-19(2)26(27,28)29/h3,5-6,19,21-22H,4,7-17H2,1-2H3. The Kier molecular flexibility index (Phi) is 6.68. The van der Waals surface area contributed by atoms with Gasteiger partial charge in [0, 0.05) is 44.0 Å². The topological polar surface area (TPSA) is 45.2 Å². The molecule has 0 aromatic heterocycles. The van der Waals surface area contributed by atoms with E-state index in [0.29, 0.717) is 25.3 Å². The van der Waals surface area contributed by atoms with E-state index >= 15 is 0 Å². The highest BCUT2D eigenvalue weighted by Gasteiger charge is 2.45. The van der Waals surface area contributed by atoms with E-state index in [4.69, 9.17) is 4.74 Å².